The number of benzene rings is 1. The number of ether oxygens (including phenoxy) is 1. The van der Waals surface area contributed by atoms with Crippen molar-refractivity contribution in [3.05, 3.63) is 29.8 Å². The minimum absolute atomic E-state index is 0.0754. The summed E-state index contributed by atoms with van der Waals surface area (Å²) in [5.41, 5.74) is 1.16. The Hall–Kier alpha value is -1.55. The van der Waals surface area contributed by atoms with E-state index in [-0.39, 0.29) is 5.91 Å². The van der Waals surface area contributed by atoms with Gasteiger partial charge in [0, 0.05) is 6.54 Å². The van der Waals surface area contributed by atoms with Gasteiger partial charge in [-0.15, -0.1) is 0 Å². The summed E-state index contributed by atoms with van der Waals surface area (Å²) in [6, 6.07) is 7.89. The normalized spacial score (nSPS) is 18.2. The van der Waals surface area contributed by atoms with E-state index in [1.165, 1.54) is 12.8 Å². The predicted octanol–water partition coefficient (Wildman–Crippen LogP) is 2.27. The van der Waals surface area contributed by atoms with Crippen LogP contribution in [0.1, 0.15) is 31.2 Å². The van der Waals surface area contributed by atoms with Gasteiger partial charge < -0.3 is 15.4 Å². The molecule has 1 fully saturated rings. The van der Waals surface area contributed by atoms with Gasteiger partial charge in [-0.1, -0.05) is 12.1 Å². The largest absolute Gasteiger partial charge is 0.493 e. The van der Waals surface area contributed by atoms with Crippen LogP contribution in [0.3, 0.4) is 0 Å². The second kappa shape index (κ2) is 8.67. The van der Waals surface area contributed by atoms with Crippen molar-refractivity contribution in [3.8, 4) is 5.75 Å². The van der Waals surface area contributed by atoms with Crippen molar-refractivity contribution in [2.24, 2.45) is 5.92 Å². The number of nitrogens with one attached hydrogen (secondary N) is 2. The minimum atomic E-state index is 0.0754. The van der Waals surface area contributed by atoms with Crippen LogP contribution in [-0.4, -0.2) is 32.1 Å². The van der Waals surface area contributed by atoms with Crippen molar-refractivity contribution in [1.82, 2.24) is 10.6 Å². The number of hydrogen-bond acceptors (Lipinski definition) is 3. The van der Waals surface area contributed by atoms with E-state index in [2.05, 4.69) is 10.6 Å². The maximum absolute atomic E-state index is 11.7. The number of piperidine rings is 1. The zero-order chi connectivity index (χ0) is 14.9. The van der Waals surface area contributed by atoms with Crippen molar-refractivity contribution in [3.63, 3.8) is 0 Å². The van der Waals surface area contributed by atoms with E-state index < -0.39 is 0 Å². The predicted molar refractivity (Wildman–Crippen MR) is 84.5 cm³/mol. The van der Waals surface area contributed by atoms with Gasteiger partial charge in [0.25, 0.3) is 0 Å². The Kier molecular flexibility index (Phi) is 6.54. The lowest BCUT2D eigenvalue weighted by molar-refractivity contribution is -0.121. The molecule has 1 aliphatic rings. The Balaban J connectivity index is 1.55. The minimum Gasteiger partial charge on any atom is -0.493 e. The molecule has 0 spiro atoms. The quantitative estimate of drug-likeness (QED) is 0.810. The number of aryl methyl sites for hydroxylation is 1. The SMILES string of the molecule is Cc1cccc(OCCC(=O)NCCC2CCCNC2)c1. The molecule has 1 amide bonds. The lowest BCUT2D eigenvalue weighted by atomic mass is 9.96. The molecule has 2 N–H and O–H groups in total. The Morgan fingerprint density at radius 3 is 3.14 bits per heavy atom. The van der Waals surface area contributed by atoms with Crippen LogP contribution in [0.4, 0.5) is 0 Å². The molecule has 2 rings (SSSR count). The average molecular weight is 290 g/mol. The van der Waals surface area contributed by atoms with E-state index in [1.54, 1.807) is 0 Å². The summed E-state index contributed by atoms with van der Waals surface area (Å²) in [4.78, 5) is 11.7. The number of amides is 1. The summed E-state index contributed by atoms with van der Waals surface area (Å²) in [5, 5.41) is 6.38. The van der Waals surface area contributed by atoms with E-state index in [1.807, 2.05) is 31.2 Å². The first-order valence-electron chi connectivity index (χ1n) is 7.91. The molecule has 116 valence electrons. The zero-order valence-electron chi connectivity index (χ0n) is 12.9. The van der Waals surface area contributed by atoms with Crippen LogP contribution < -0.4 is 15.4 Å². The fraction of sp³-hybridized carbons (Fsp3) is 0.588. The van der Waals surface area contributed by atoms with E-state index >= 15 is 0 Å². The monoisotopic (exact) mass is 290 g/mol. The smallest absolute Gasteiger partial charge is 0.223 e. The molecule has 1 aromatic rings. The molecule has 0 saturated carbocycles. The van der Waals surface area contributed by atoms with Gasteiger partial charge in [0.1, 0.15) is 5.75 Å². The Bertz CT molecular complexity index is 442. The topological polar surface area (TPSA) is 50.4 Å². The Morgan fingerprint density at radius 1 is 1.48 bits per heavy atom. The van der Waals surface area contributed by atoms with Crippen LogP contribution in [0.5, 0.6) is 5.75 Å². The fourth-order valence-electron chi connectivity index (χ4n) is 2.64. The summed E-state index contributed by atoms with van der Waals surface area (Å²) in [7, 11) is 0. The third-order valence-electron chi connectivity index (χ3n) is 3.86. The summed E-state index contributed by atoms with van der Waals surface area (Å²) < 4.78 is 5.58. The molecule has 0 radical (unpaired) electrons. The Morgan fingerprint density at radius 2 is 2.38 bits per heavy atom. The maximum atomic E-state index is 11.7. The maximum Gasteiger partial charge on any atom is 0.223 e. The number of carbonyl (C=O) groups is 1. The molecule has 1 heterocycles. The molecule has 0 aliphatic carbocycles. The first-order chi connectivity index (χ1) is 10.2. The van der Waals surface area contributed by atoms with E-state index in [9.17, 15) is 4.79 Å². The standard InChI is InChI=1S/C17H26N2O2/c1-14-4-2-6-16(12-14)21-11-8-17(20)19-10-7-15-5-3-9-18-13-15/h2,4,6,12,15,18H,3,5,7-11,13H2,1H3,(H,19,20). The molecule has 1 aliphatic heterocycles. The summed E-state index contributed by atoms with van der Waals surface area (Å²) in [6.45, 7) is 5.46. The number of carbonyl (C=O) groups excluding carboxylic acids is 1. The highest BCUT2D eigenvalue weighted by Crippen LogP contribution is 2.13. The van der Waals surface area contributed by atoms with E-state index in [4.69, 9.17) is 4.74 Å². The van der Waals surface area contributed by atoms with Crippen LogP contribution in [0.15, 0.2) is 24.3 Å². The molecule has 1 atom stereocenters. The molecular formula is C17H26N2O2. The second-order valence-corrected chi connectivity index (χ2v) is 5.77. The molecule has 1 unspecified atom stereocenters. The highest BCUT2D eigenvalue weighted by molar-refractivity contribution is 5.75. The highest BCUT2D eigenvalue weighted by Gasteiger charge is 2.12. The molecular weight excluding hydrogens is 264 g/mol. The summed E-state index contributed by atoms with van der Waals surface area (Å²) in [6.07, 6.45) is 4.01. The summed E-state index contributed by atoms with van der Waals surface area (Å²) >= 11 is 0. The van der Waals surface area contributed by atoms with Gasteiger partial charge in [0.2, 0.25) is 5.91 Å². The molecule has 4 heteroatoms. The van der Waals surface area contributed by atoms with Gasteiger partial charge in [0.15, 0.2) is 0 Å². The number of rotatable bonds is 7. The van der Waals surface area contributed by atoms with Crippen molar-refractivity contribution in [2.75, 3.05) is 26.2 Å². The van der Waals surface area contributed by atoms with Crippen LogP contribution in [0, 0.1) is 12.8 Å². The van der Waals surface area contributed by atoms with Crippen molar-refractivity contribution >= 4 is 5.91 Å². The van der Waals surface area contributed by atoms with Crippen LogP contribution in [0.2, 0.25) is 0 Å². The van der Waals surface area contributed by atoms with Crippen LogP contribution >= 0.6 is 0 Å². The second-order valence-electron chi connectivity index (χ2n) is 5.77. The molecule has 1 aromatic carbocycles. The summed E-state index contributed by atoms with van der Waals surface area (Å²) in [5.74, 6) is 1.62. The lowest BCUT2D eigenvalue weighted by Crippen LogP contribution is -2.33. The van der Waals surface area contributed by atoms with Crippen molar-refractivity contribution < 1.29 is 9.53 Å². The molecule has 4 nitrogen and oxygen atoms in total. The van der Waals surface area contributed by atoms with Gasteiger partial charge in [-0.2, -0.15) is 0 Å². The molecule has 21 heavy (non-hydrogen) atoms. The first kappa shape index (κ1) is 15.8. The Labute approximate surface area is 127 Å². The van der Waals surface area contributed by atoms with E-state index in [0.29, 0.717) is 18.9 Å². The van der Waals surface area contributed by atoms with Gasteiger partial charge in [-0.25, -0.2) is 0 Å². The van der Waals surface area contributed by atoms with Gasteiger partial charge >= 0.3 is 0 Å². The zero-order valence-corrected chi connectivity index (χ0v) is 12.9. The van der Waals surface area contributed by atoms with Crippen molar-refractivity contribution in [2.45, 2.75) is 32.6 Å². The molecule has 1 saturated heterocycles. The first-order valence-corrected chi connectivity index (χ1v) is 7.91. The van der Waals surface area contributed by atoms with Gasteiger partial charge in [0.05, 0.1) is 13.0 Å². The fourth-order valence-corrected chi connectivity index (χ4v) is 2.64. The van der Waals surface area contributed by atoms with E-state index in [0.717, 1.165) is 37.4 Å². The van der Waals surface area contributed by atoms with Crippen LogP contribution in [-0.2, 0) is 4.79 Å². The molecule has 0 bridgehead atoms. The van der Waals surface area contributed by atoms with Crippen molar-refractivity contribution in [1.29, 1.82) is 0 Å². The third kappa shape index (κ3) is 6.17. The molecule has 0 aromatic heterocycles. The average Bonchev–Trinajstić information content (AvgIpc) is 2.48. The number of hydrogen-bond donors (Lipinski definition) is 2. The lowest BCUT2D eigenvalue weighted by Gasteiger charge is -2.22. The third-order valence-corrected chi connectivity index (χ3v) is 3.86. The van der Waals surface area contributed by atoms with Gasteiger partial charge in [-0.3, -0.25) is 4.79 Å². The van der Waals surface area contributed by atoms with Gasteiger partial charge in [-0.05, 0) is 62.9 Å². The van der Waals surface area contributed by atoms with Crippen LogP contribution in [0.25, 0.3) is 0 Å². The highest BCUT2D eigenvalue weighted by atomic mass is 16.5.